The first-order chi connectivity index (χ1) is 15.7. The number of carbonyl (C=O) groups excluding carboxylic acids is 1. The number of hydrogen-bond acceptors (Lipinski definition) is 4. The van der Waals surface area contributed by atoms with Crippen LogP contribution in [0.3, 0.4) is 0 Å². The van der Waals surface area contributed by atoms with Gasteiger partial charge in [0.15, 0.2) is 0 Å². The van der Waals surface area contributed by atoms with Gasteiger partial charge in [-0.1, -0.05) is 56.7 Å². The van der Waals surface area contributed by atoms with Crippen LogP contribution in [0.25, 0.3) is 11.3 Å². The molecule has 0 spiro atoms. The van der Waals surface area contributed by atoms with Crippen LogP contribution in [0.5, 0.6) is 5.75 Å². The molecule has 0 saturated heterocycles. The van der Waals surface area contributed by atoms with Gasteiger partial charge in [0, 0.05) is 25.2 Å². The Kier molecular flexibility index (Phi) is 13.1. The second-order valence-electron chi connectivity index (χ2n) is 8.10. The quantitative estimate of drug-likeness (QED) is 0.157. The van der Waals surface area contributed by atoms with Crippen LogP contribution in [0.2, 0.25) is 0 Å². The fourth-order valence-corrected chi connectivity index (χ4v) is 3.41. The Morgan fingerprint density at radius 1 is 0.906 bits per heavy atom. The van der Waals surface area contributed by atoms with E-state index in [2.05, 4.69) is 55.2 Å². The summed E-state index contributed by atoms with van der Waals surface area (Å²) in [4.78, 5) is 16.5. The van der Waals surface area contributed by atoms with Crippen molar-refractivity contribution in [1.82, 2.24) is 4.98 Å². The number of rotatable bonds is 16. The molecule has 1 heterocycles. The Hall–Kier alpha value is -2.46. The predicted molar refractivity (Wildman–Crippen MR) is 132 cm³/mol. The van der Waals surface area contributed by atoms with Crippen molar-refractivity contribution in [2.75, 3.05) is 13.2 Å². The van der Waals surface area contributed by atoms with Gasteiger partial charge < -0.3 is 9.47 Å². The van der Waals surface area contributed by atoms with Crippen molar-refractivity contribution >= 4 is 5.97 Å². The van der Waals surface area contributed by atoms with Crippen LogP contribution in [0.1, 0.15) is 77.2 Å². The predicted octanol–water partition coefficient (Wildman–Crippen LogP) is 7.32. The van der Waals surface area contributed by atoms with E-state index in [-0.39, 0.29) is 5.97 Å². The van der Waals surface area contributed by atoms with E-state index in [0.717, 1.165) is 69.4 Å². The minimum absolute atomic E-state index is 0.194. The number of unbranched alkanes of at least 4 members (excludes halogenated alkanes) is 4. The molecule has 32 heavy (non-hydrogen) atoms. The molecule has 4 heteroatoms. The number of aryl methyl sites for hydroxylation is 1. The Morgan fingerprint density at radius 2 is 1.75 bits per heavy atom. The minimum atomic E-state index is -0.194. The van der Waals surface area contributed by atoms with E-state index in [4.69, 9.17) is 9.47 Å². The first kappa shape index (κ1) is 25.8. The number of pyridine rings is 1. The van der Waals surface area contributed by atoms with Crippen LogP contribution in [-0.4, -0.2) is 24.2 Å². The maximum atomic E-state index is 12.0. The summed E-state index contributed by atoms with van der Waals surface area (Å²) in [6.45, 7) is 6.01. The molecule has 1 aromatic heterocycles. The molecule has 4 nitrogen and oxygen atoms in total. The number of carbonyl (C=O) groups is 1. The molecule has 0 aliphatic heterocycles. The highest BCUT2D eigenvalue weighted by atomic mass is 16.5. The number of esters is 1. The molecule has 0 aliphatic rings. The van der Waals surface area contributed by atoms with E-state index in [1.54, 1.807) is 6.20 Å². The Morgan fingerprint density at radius 3 is 2.47 bits per heavy atom. The molecular weight excluding hydrogens is 398 g/mol. The third kappa shape index (κ3) is 10.7. The third-order valence-corrected chi connectivity index (χ3v) is 5.22. The summed E-state index contributed by atoms with van der Waals surface area (Å²) in [5.74, 6) is 0.310. The van der Waals surface area contributed by atoms with E-state index < -0.39 is 0 Å². The van der Waals surface area contributed by atoms with Gasteiger partial charge in [0.2, 0.25) is 0 Å². The number of nitrogens with zero attached hydrogens (tertiary/aromatic N) is 1. The summed E-state index contributed by atoms with van der Waals surface area (Å²) >= 11 is 0. The molecule has 2 aromatic rings. The first-order valence-electron chi connectivity index (χ1n) is 12.2. The molecule has 0 atom stereocenters. The standard InChI is InChI=1S/C28H39NO3/c1-3-5-6-7-8-11-14-28(30)32-26-19-20-27(29-23-26)25-17-15-24(16-18-25)13-10-9-12-22-31-21-4-2/h5-6,15-20,23H,3-4,7-14,21-22H2,1-2H3. The molecule has 0 radical (unpaired) electrons. The average molecular weight is 438 g/mol. The van der Waals surface area contributed by atoms with Crippen molar-refractivity contribution in [1.29, 1.82) is 0 Å². The summed E-state index contributed by atoms with van der Waals surface area (Å²) in [7, 11) is 0. The molecule has 2 rings (SSSR count). The molecule has 0 aliphatic carbocycles. The van der Waals surface area contributed by atoms with Crippen LogP contribution in [0.15, 0.2) is 54.7 Å². The number of benzene rings is 1. The van der Waals surface area contributed by atoms with Crippen molar-refractivity contribution in [3.8, 4) is 17.0 Å². The fourth-order valence-electron chi connectivity index (χ4n) is 3.41. The maximum absolute atomic E-state index is 12.0. The Bertz CT molecular complexity index is 781. The summed E-state index contributed by atoms with van der Waals surface area (Å²) < 4.78 is 10.9. The van der Waals surface area contributed by atoms with Crippen LogP contribution < -0.4 is 4.74 Å². The van der Waals surface area contributed by atoms with Crippen LogP contribution in [-0.2, 0) is 16.0 Å². The first-order valence-corrected chi connectivity index (χ1v) is 12.2. The molecule has 0 amide bonds. The smallest absolute Gasteiger partial charge is 0.311 e. The number of hydrogen-bond donors (Lipinski definition) is 0. The highest BCUT2D eigenvalue weighted by Crippen LogP contribution is 2.21. The molecule has 174 valence electrons. The van der Waals surface area contributed by atoms with Gasteiger partial charge >= 0.3 is 5.97 Å². The molecule has 0 fully saturated rings. The van der Waals surface area contributed by atoms with E-state index in [1.165, 1.54) is 18.4 Å². The van der Waals surface area contributed by atoms with E-state index >= 15 is 0 Å². The molecule has 0 saturated carbocycles. The lowest BCUT2D eigenvalue weighted by molar-refractivity contribution is -0.134. The normalized spacial score (nSPS) is 11.2. The number of aromatic nitrogens is 1. The molecule has 0 N–H and O–H groups in total. The average Bonchev–Trinajstić information content (AvgIpc) is 2.82. The topological polar surface area (TPSA) is 48.4 Å². The van der Waals surface area contributed by atoms with Crippen molar-refractivity contribution in [3.63, 3.8) is 0 Å². The SMILES string of the molecule is CCC=CCCCCC(=O)Oc1ccc(-c2ccc(CCCCCOCCC)cc2)nc1. The van der Waals surface area contributed by atoms with E-state index in [0.29, 0.717) is 12.2 Å². The van der Waals surface area contributed by atoms with Crippen molar-refractivity contribution in [3.05, 3.63) is 60.3 Å². The van der Waals surface area contributed by atoms with Gasteiger partial charge in [0.25, 0.3) is 0 Å². The van der Waals surface area contributed by atoms with Crippen molar-refractivity contribution in [2.24, 2.45) is 0 Å². The van der Waals surface area contributed by atoms with Crippen LogP contribution in [0.4, 0.5) is 0 Å². The minimum Gasteiger partial charge on any atom is -0.425 e. The zero-order chi connectivity index (χ0) is 22.9. The maximum Gasteiger partial charge on any atom is 0.311 e. The molecule has 0 bridgehead atoms. The molecule has 1 aromatic carbocycles. The second-order valence-corrected chi connectivity index (χ2v) is 8.10. The Labute approximate surface area is 194 Å². The number of allylic oxidation sites excluding steroid dienone is 2. The molecule has 0 unspecified atom stereocenters. The van der Waals surface area contributed by atoms with Gasteiger partial charge in [-0.2, -0.15) is 0 Å². The highest BCUT2D eigenvalue weighted by Gasteiger charge is 2.06. The largest absolute Gasteiger partial charge is 0.425 e. The zero-order valence-corrected chi connectivity index (χ0v) is 19.9. The van der Waals surface area contributed by atoms with Gasteiger partial charge in [0.05, 0.1) is 11.9 Å². The van der Waals surface area contributed by atoms with Crippen LogP contribution in [0, 0.1) is 0 Å². The summed E-state index contributed by atoms with van der Waals surface area (Å²) in [6.07, 6.45) is 16.0. The van der Waals surface area contributed by atoms with E-state index in [9.17, 15) is 4.79 Å². The van der Waals surface area contributed by atoms with Gasteiger partial charge in [-0.25, -0.2) is 0 Å². The van der Waals surface area contributed by atoms with Gasteiger partial charge in [0.1, 0.15) is 5.75 Å². The fraction of sp³-hybridized carbons (Fsp3) is 0.500. The lowest BCUT2D eigenvalue weighted by atomic mass is 10.0. The zero-order valence-electron chi connectivity index (χ0n) is 19.9. The lowest BCUT2D eigenvalue weighted by Gasteiger charge is -2.07. The van der Waals surface area contributed by atoms with E-state index in [1.807, 2.05) is 12.1 Å². The Balaban J connectivity index is 1.70. The van der Waals surface area contributed by atoms with Crippen molar-refractivity contribution in [2.45, 2.75) is 78.1 Å². The summed E-state index contributed by atoms with van der Waals surface area (Å²) in [5, 5.41) is 0. The van der Waals surface area contributed by atoms with Crippen molar-refractivity contribution < 1.29 is 14.3 Å². The molecular formula is C28H39NO3. The highest BCUT2D eigenvalue weighted by molar-refractivity contribution is 5.72. The summed E-state index contributed by atoms with van der Waals surface area (Å²) in [5.41, 5.74) is 3.30. The van der Waals surface area contributed by atoms with Gasteiger partial charge in [-0.3, -0.25) is 9.78 Å². The lowest BCUT2D eigenvalue weighted by Crippen LogP contribution is -2.07. The van der Waals surface area contributed by atoms with Gasteiger partial charge in [-0.15, -0.1) is 0 Å². The third-order valence-electron chi connectivity index (χ3n) is 5.22. The van der Waals surface area contributed by atoms with Crippen LogP contribution >= 0.6 is 0 Å². The van der Waals surface area contributed by atoms with Gasteiger partial charge in [-0.05, 0) is 69.1 Å². The summed E-state index contributed by atoms with van der Waals surface area (Å²) in [6, 6.07) is 12.3. The number of ether oxygens (including phenoxy) is 2. The second kappa shape index (κ2) is 16.2. The monoisotopic (exact) mass is 437 g/mol.